The van der Waals surface area contributed by atoms with Crippen molar-refractivity contribution in [3.05, 3.63) is 176 Å². The summed E-state index contributed by atoms with van der Waals surface area (Å²) in [6, 6.07) is 31.0. The second-order valence-electron chi connectivity index (χ2n) is 16.6. The zero-order chi connectivity index (χ0) is 51.3. The molecule has 18 heteroatoms. The first-order chi connectivity index (χ1) is 34.6. The molecule has 0 unspecified atom stereocenters. The molecule has 12 bridgehead atoms. The van der Waals surface area contributed by atoms with Crippen LogP contribution < -0.4 is 28.4 Å². The van der Waals surface area contributed by atoms with Gasteiger partial charge in [-0.1, -0.05) is 109 Å². The van der Waals surface area contributed by atoms with E-state index in [1.165, 1.54) is 0 Å². The van der Waals surface area contributed by atoms with Gasteiger partial charge in [0.1, 0.15) is 34.5 Å². The molecule has 0 spiro atoms. The first kappa shape index (κ1) is 50.8. The van der Waals surface area contributed by atoms with Gasteiger partial charge in [-0.3, -0.25) is 0 Å². The van der Waals surface area contributed by atoms with Crippen molar-refractivity contribution < 1.29 is 87.8 Å². The zero-order valence-electron chi connectivity index (χ0n) is 38.5. The van der Waals surface area contributed by atoms with Crippen molar-refractivity contribution in [3.63, 3.8) is 0 Å². The molecule has 72 heavy (non-hydrogen) atoms. The molecule has 18 nitrogen and oxygen atoms in total. The molecule has 0 saturated carbocycles. The van der Waals surface area contributed by atoms with Crippen LogP contribution in [0.3, 0.4) is 0 Å². The van der Waals surface area contributed by atoms with Gasteiger partial charge in [-0.15, -0.1) is 0 Å². The normalized spacial score (nSPS) is 12.0. The van der Waals surface area contributed by atoms with Gasteiger partial charge in [-0.25, -0.2) is 28.8 Å². The average Bonchev–Trinajstić information content (AvgIpc) is 3.32. The number of para-hydroxylation sites is 6. The molecule has 0 saturated heterocycles. The second kappa shape index (κ2) is 23.5. The average molecular weight is 985 g/mol. The summed E-state index contributed by atoms with van der Waals surface area (Å²) in [6.07, 6.45) is 0.175. The summed E-state index contributed by atoms with van der Waals surface area (Å²) in [5.41, 5.74) is 5.80. The Labute approximate surface area is 411 Å². The highest BCUT2D eigenvalue weighted by Crippen LogP contribution is 2.40. The molecule has 1 aliphatic carbocycles. The fourth-order valence-corrected chi connectivity index (χ4v) is 8.65. The lowest BCUT2D eigenvalue weighted by molar-refractivity contribution is -0.140. The molecule has 0 radical (unpaired) electrons. The van der Waals surface area contributed by atoms with Crippen molar-refractivity contribution in [1.82, 2.24) is 0 Å². The molecule has 0 fully saturated rings. The van der Waals surface area contributed by atoms with Crippen LogP contribution in [0.4, 0.5) is 0 Å². The van der Waals surface area contributed by atoms with E-state index >= 15 is 0 Å². The van der Waals surface area contributed by atoms with Crippen molar-refractivity contribution in [3.8, 4) is 34.5 Å². The Morgan fingerprint density at radius 3 is 0.458 bits per heavy atom. The first-order valence-electron chi connectivity index (χ1n) is 22.4. The second-order valence-corrected chi connectivity index (χ2v) is 16.6. The Balaban J connectivity index is 1.49. The Bertz CT molecular complexity index is 2390. The van der Waals surface area contributed by atoms with Gasteiger partial charge in [0.25, 0.3) is 0 Å². The van der Waals surface area contributed by atoms with Gasteiger partial charge in [-0.05, 0) is 66.8 Å². The molecule has 0 amide bonds. The quantitative estimate of drug-likeness (QED) is 0.0548. The SMILES string of the molecule is O=C(O)COc1c2cccc1Cc1cccc(c1OCC(=O)O)Cc1cccc(c1OCC(=O)O)Cc1cccc(c1OCC(=O)O)Cc1cccc(c1OCC(=O)O)Cc1cccc(c1OCC(=O)O)C2. The van der Waals surface area contributed by atoms with E-state index in [9.17, 15) is 59.4 Å². The fraction of sp³-hybridized carbons (Fsp3) is 0.222. The van der Waals surface area contributed by atoms with E-state index in [0.717, 1.165) is 0 Å². The molecule has 0 atom stereocenters. The third-order valence-electron chi connectivity index (χ3n) is 11.4. The standard InChI is InChI=1S/C54H48O18/c55-43(56)25-67-49-31-7-1-8-32(49)20-34-10-3-12-36(51(34)69-27-45(59)60)22-38-14-5-16-40(53(38)71-29-47(63)64)24-42-18-6-17-41(54(42)72-30-48(65)66)23-39-15-4-13-37(52(39)70-28-46(61)62)21-35-11-2-9-33(19-31)50(35)68-26-44(57)58/h1-18H,19-30H2,(H,55,56)(H,57,58)(H,59,60)(H,61,62)(H,63,64)(H,65,66). The molecule has 372 valence electrons. The lowest BCUT2D eigenvalue weighted by atomic mass is 9.91. The summed E-state index contributed by atoms with van der Waals surface area (Å²) in [7, 11) is 0. The van der Waals surface area contributed by atoms with Crippen LogP contribution in [0.25, 0.3) is 0 Å². The number of carboxylic acids is 6. The van der Waals surface area contributed by atoms with Crippen LogP contribution in [0.5, 0.6) is 34.5 Å². The molecule has 6 N–H and O–H groups in total. The van der Waals surface area contributed by atoms with Gasteiger partial charge in [0, 0.05) is 38.5 Å². The maximum atomic E-state index is 12.0. The first-order valence-corrected chi connectivity index (χ1v) is 22.4. The number of benzene rings is 6. The van der Waals surface area contributed by atoms with Crippen molar-refractivity contribution in [2.45, 2.75) is 38.5 Å². The number of hydrogen-bond donors (Lipinski definition) is 6. The van der Waals surface area contributed by atoms with E-state index in [1.54, 1.807) is 109 Å². The molecule has 6 aromatic rings. The predicted molar refractivity (Wildman–Crippen MR) is 254 cm³/mol. The van der Waals surface area contributed by atoms with Crippen LogP contribution in [0, 0.1) is 0 Å². The summed E-state index contributed by atoms with van der Waals surface area (Å²) < 4.78 is 36.1. The maximum absolute atomic E-state index is 12.0. The summed E-state index contributed by atoms with van der Waals surface area (Å²) in [5.74, 6) is -6.50. The smallest absolute Gasteiger partial charge is 0.341 e. The summed E-state index contributed by atoms with van der Waals surface area (Å²) >= 11 is 0. The Morgan fingerprint density at radius 2 is 0.361 bits per heavy atom. The number of carboxylic acid groups (broad SMARTS) is 6. The van der Waals surface area contributed by atoms with Crippen molar-refractivity contribution in [2.75, 3.05) is 39.6 Å². The van der Waals surface area contributed by atoms with Crippen LogP contribution in [0.1, 0.15) is 66.8 Å². The van der Waals surface area contributed by atoms with Gasteiger partial charge in [0.05, 0.1) is 0 Å². The van der Waals surface area contributed by atoms with Crippen LogP contribution in [0.15, 0.2) is 109 Å². The van der Waals surface area contributed by atoms with Gasteiger partial charge in [0.15, 0.2) is 39.6 Å². The molecule has 1 aliphatic rings. The largest absolute Gasteiger partial charge is 0.481 e. The molecule has 7 rings (SSSR count). The highest BCUT2D eigenvalue weighted by atomic mass is 16.5. The maximum Gasteiger partial charge on any atom is 0.341 e. The van der Waals surface area contributed by atoms with Crippen LogP contribution in [-0.4, -0.2) is 106 Å². The molecular formula is C54H48O18. The minimum absolute atomic E-state index is 0.0291. The topological polar surface area (TPSA) is 279 Å². The van der Waals surface area contributed by atoms with Gasteiger partial charge in [-0.2, -0.15) is 0 Å². The van der Waals surface area contributed by atoms with E-state index in [4.69, 9.17) is 28.4 Å². The van der Waals surface area contributed by atoms with Crippen LogP contribution >= 0.6 is 0 Å². The van der Waals surface area contributed by atoms with Crippen LogP contribution in [-0.2, 0) is 67.3 Å². The number of carbonyl (C=O) groups is 6. The number of aliphatic carboxylic acids is 6. The fourth-order valence-electron chi connectivity index (χ4n) is 8.65. The zero-order valence-corrected chi connectivity index (χ0v) is 38.5. The Morgan fingerprint density at radius 1 is 0.250 bits per heavy atom. The van der Waals surface area contributed by atoms with Gasteiger partial charge < -0.3 is 59.1 Å². The third-order valence-corrected chi connectivity index (χ3v) is 11.4. The van der Waals surface area contributed by atoms with Gasteiger partial charge in [0.2, 0.25) is 0 Å². The summed E-state index contributed by atoms with van der Waals surface area (Å²) in [5, 5.41) is 58.8. The van der Waals surface area contributed by atoms with E-state index < -0.39 is 75.5 Å². The van der Waals surface area contributed by atoms with Gasteiger partial charge >= 0.3 is 35.8 Å². The highest BCUT2D eigenvalue weighted by Gasteiger charge is 2.24. The number of rotatable bonds is 18. The predicted octanol–water partition coefficient (Wildman–Crippen LogP) is 6.33. The van der Waals surface area contributed by atoms with E-state index in [1.807, 2.05) is 0 Å². The highest BCUT2D eigenvalue weighted by molar-refractivity contribution is 5.72. The molecule has 0 aliphatic heterocycles. The number of ether oxygens (including phenoxy) is 6. The van der Waals surface area contributed by atoms with E-state index in [-0.39, 0.29) is 73.0 Å². The van der Waals surface area contributed by atoms with Crippen LogP contribution in [0.2, 0.25) is 0 Å². The van der Waals surface area contributed by atoms with Crippen molar-refractivity contribution in [2.24, 2.45) is 0 Å². The Hall–Kier alpha value is -9.06. The molecule has 0 aromatic heterocycles. The minimum atomic E-state index is -1.27. The monoisotopic (exact) mass is 984 g/mol. The lowest BCUT2D eigenvalue weighted by Crippen LogP contribution is -2.15. The molecule has 0 heterocycles. The molecule has 6 aromatic carbocycles. The number of hydrogen-bond acceptors (Lipinski definition) is 12. The minimum Gasteiger partial charge on any atom is -0.481 e. The molecular weight excluding hydrogens is 937 g/mol. The lowest BCUT2D eigenvalue weighted by Gasteiger charge is -2.22. The number of fused-ring (bicyclic) bond motifs is 12. The Kier molecular flexibility index (Phi) is 16.6. The van der Waals surface area contributed by atoms with E-state index in [2.05, 4.69) is 0 Å². The van der Waals surface area contributed by atoms with Crippen molar-refractivity contribution in [1.29, 1.82) is 0 Å². The summed E-state index contributed by atoms with van der Waals surface area (Å²) in [4.78, 5) is 72.1. The van der Waals surface area contributed by atoms with E-state index in [0.29, 0.717) is 66.8 Å². The van der Waals surface area contributed by atoms with Crippen molar-refractivity contribution >= 4 is 35.8 Å². The third kappa shape index (κ3) is 13.2. The summed E-state index contributed by atoms with van der Waals surface area (Å²) in [6.45, 7) is -4.44.